The largest absolute Gasteiger partial charge is 0.452 e. The summed E-state index contributed by atoms with van der Waals surface area (Å²) in [4.78, 5) is 12.1. The Morgan fingerprint density at radius 1 is 1.03 bits per heavy atom. The maximum atomic E-state index is 6.35. The fourth-order valence-electron chi connectivity index (χ4n) is 3.84. The molecule has 5 nitrogen and oxygen atoms in total. The zero-order chi connectivity index (χ0) is 21.9. The molecule has 0 saturated carbocycles. The van der Waals surface area contributed by atoms with Gasteiger partial charge in [0.05, 0.1) is 11.7 Å². The van der Waals surface area contributed by atoms with Crippen molar-refractivity contribution < 1.29 is 4.42 Å². The zero-order valence-electron chi connectivity index (χ0n) is 17.5. The number of hydrogen-bond acceptors (Lipinski definition) is 5. The molecule has 2 atom stereocenters. The van der Waals surface area contributed by atoms with E-state index in [-0.39, 0.29) is 12.1 Å². The highest BCUT2D eigenvalue weighted by Gasteiger charge is 2.41. The van der Waals surface area contributed by atoms with Gasteiger partial charge >= 0.3 is 0 Å². The molecule has 0 amide bonds. The number of rotatable bonds is 6. The van der Waals surface area contributed by atoms with Crippen LogP contribution in [0.2, 0.25) is 0 Å². The fraction of sp³-hybridized carbons (Fsp3) is 0.160. The number of pyridine rings is 2. The maximum Gasteiger partial charge on any atom is 0.170 e. The number of hydrogen-bond donors (Lipinski definition) is 1. The number of benzene rings is 1. The molecular formula is C25H22N4OS2. The lowest BCUT2D eigenvalue weighted by molar-refractivity contribution is 0.254. The fourth-order valence-corrected chi connectivity index (χ4v) is 4.93. The summed E-state index contributed by atoms with van der Waals surface area (Å²) in [5.74, 6) is 0.853. The normalized spacial score (nSPS) is 18.0. The second-order valence-corrected chi connectivity index (χ2v) is 9.15. The van der Waals surface area contributed by atoms with Crippen molar-refractivity contribution in [2.45, 2.75) is 35.5 Å². The molecule has 4 aromatic rings. The third kappa shape index (κ3) is 4.40. The van der Waals surface area contributed by atoms with E-state index in [1.807, 2.05) is 48.8 Å². The van der Waals surface area contributed by atoms with Crippen LogP contribution in [0, 0.1) is 6.92 Å². The van der Waals surface area contributed by atoms with E-state index >= 15 is 0 Å². The monoisotopic (exact) mass is 458 g/mol. The first kappa shape index (κ1) is 20.7. The van der Waals surface area contributed by atoms with Gasteiger partial charge in [-0.3, -0.25) is 9.97 Å². The molecule has 32 heavy (non-hydrogen) atoms. The van der Waals surface area contributed by atoms with Crippen LogP contribution in [0.1, 0.15) is 34.7 Å². The van der Waals surface area contributed by atoms with Crippen molar-refractivity contribution in [1.82, 2.24) is 20.2 Å². The van der Waals surface area contributed by atoms with Gasteiger partial charge in [0.2, 0.25) is 0 Å². The molecule has 0 bridgehead atoms. The Morgan fingerprint density at radius 3 is 2.66 bits per heavy atom. The minimum absolute atomic E-state index is 0.108. The first-order valence-corrected chi connectivity index (χ1v) is 11.6. The Labute approximate surface area is 196 Å². The van der Waals surface area contributed by atoms with Crippen molar-refractivity contribution >= 4 is 29.1 Å². The molecule has 1 saturated heterocycles. The SMILES string of the molecule is Cc1ccc(Sc2ccc([C@@H]3[C@@H](c4ccccn4)NC(=S)N3Cc3cccnc3)o2)cc1. The van der Waals surface area contributed by atoms with Crippen LogP contribution in [0.15, 0.2) is 99.7 Å². The third-order valence-corrected chi connectivity index (χ3v) is 6.69. The predicted octanol–water partition coefficient (Wildman–Crippen LogP) is 5.70. The molecule has 1 fully saturated rings. The van der Waals surface area contributed by atoms with Gasteiger partial charge in [0.1, 0.15) is 11.8 Å². The summed E-state index contributed by atoms with van der Waals surface area (Å²) >= 11 is 7.35. The van der Waals surface area contributed by atoms with E-state index in [2.05, 4.69) is 57.4 Å². The molecular weight excluding hydrogens is 436 g/mol. The van der Waals surface area contributed by atoms with Crippen molar-refractivity contribution in [1.29, 1.82) is 0 Å². The van der Waals surface area contributed by atoms with Crippen LogP contribution in [0.4, 0.5) is 0 Å². The standard InChI is InChI=1S/C25H22N4OS2/c1-17-7-9-19(10-8-17)32-22-12-11-21(30-22)24-23(20-6-2-3-14-27-20)28-25(31)29(24)16-18-5-4-13-26-15-18/h2-15,23-24H,16H2,1H3,(H,28,31)/t23-,24-/m1/s1. The topological polar surface area (TPSA) is 54.2 Å². The highest BCUT2D eigenvalue weighted by Crippen LogP contribution is 2.41. The maximum absolute atomic E-state index is 6.35. The number of furan rings is 1. The van der Waals surface area contributed by atoms with Gasteiger partial charge in [-0.15, -0.1) is 0 Å². The van der Waals surface area contributed by atoms with Crippen LogP contribution in [0.3, 0.4) is 0 Å². The summed E-state index contributed by atoms with van der Waals surface area (Å²) in [6.45, 7) is 2.72. The highest BCUT2D eigenvalue weighted by molar-refractivity contribution is 7.99. The third-order valence-electron chi connectivity index (χ3n) is 5.41. The van der Waals surface area contributed by atoms with Crippen LogP contribution < -0.4 is 5.32 Å². The Morgan fingerprint density at radius 2 is 1.91 bits per heavy atom. The van der Waals surface area contributed by atoms with E-state index in [4.69, 9.17) is 16.6 Å². The first-order valence-electron chi connectivity index (χ1n) is 10.4. The van der Waals surface area contributed by atoms with Crippen LogP contribution in [-0.4, -0.2) is 20.0 Å². The van der Waals surface area contributed by atoms with E-state index in [1.165, 1.54) is 5.56 Å². The summed E-state index contributed by atoms with van der Waals surface area (Å²) in [7, 11) is 0. The number of thiocarbonyl (C=S) groups is 1. The Balaban J connectivity index is 1.47. The average Bonchev–Trinajstić information content (AvgIpc) is 3.41. The summed E-state index contributed by atoms with van der Waals surface area (Å²) < 4.78 is 6.35. The highest BCUT2D eigenvalue weighted by atomic mass is 32.2. The Bertz CT molecular complexity index is 1200. The predicted molar refractivity (Wildman–Crippen MR) is 129 cm³/mol. The van der Waals surface area contributed by atoms with Gasteiger partial charge in [-0.05, 0) is 67.2 Å². The van der Waals surface area contributed by atoms with Crippen LogP contribution in [0.5, 0.6) is 0 Å². The van der Waals surface area contributed by atoms with Crippen LogP contribution >= 0.6 is 24.0 Å². The van der Waals surface area contributed by atoms with Gasteiger partial charge in [0.25, 0.3) is 0 Å². The smallest absolute Gasteiger partial charge is 0.170 e. The van der Waals surface area contributed by atoms with Gasteiger partial charge in [0.15, 0.2) is 10.2 Å². The van der Waals surface area contributed by atoms with Crippen molar-refractivity contribution in [2.24, 2.45) is 0 Å². The second kappa shape index (κ2) is 9.14. The molecule has 4 heterocycles. The first-order chi connectivity index (χ1) is 15.7. The number of nitrogens with zero attached hydrogens (tertiary/aromatic N) is 3. The van der Waals surface area contributed by atoms with Gasteiger partial charge in [-0.1, -0.05) is 41.6 Å². The molecule has 3 aromatic heterocycles. The van der Waals surface area contributed by atoms with Crippen molar-refractivity contribution in [3.8, 4) is 0 Å². The number of nitrogens with one attached hydrogen (secondary N) is 1. The van der Waals surface area contributed by atoms with Crippen molar-refractivity contribution in [3.05, 3.63) is 108 Å². The Hall–Kier alpha value is -3.16. The zero-order valence-corrected chi connectivity index (χ0v) is 19.1. The lowest BCUT2D eigenvalue weighted by atomic mass is 10.0. The molecule has 0 unspecified atom stereocenters. The lowest BCUT2D eigenvalue weighted by Crippen LogP contribution is -2.29. The molecule has 1 aliphatic rings. The molecule has 0 aliphatic carbocycles. The second-order valence-electron chi connectivity index (χ2n) is 7.69. The summed E-state index contributed by atoms with van der Waals surface area (Å²) in [5.41, 5.74) is 3.26. The van der Waals surface area contributed by atoms with E-state index < -0.39 is 0 Å². The van der Waals surface area contributed by atoms with Gasteiger partial charge in [-0.2, -0.15) is 0 Å². The minimum atomic E-state index is -0.120. The molecule has 1 N–H and O–H groups in total. The quantitative estimate of drug-likeness (QED) is 0.372. The summed E-state index contributed by atoms with van der Waals surface area (Å²) in [6.07, 6.45) is 5.45. The van der Waals surface area contributed by atoms with E-state index in [0.717, 1.165) is 27.0 Å². The number of aromatic nitrogens is 2. The molecule has 1 aliphatic heterocycles. The van der Waals surface area contributed by atoms with E-state index in [9.17, 15) is 0 Å². The summed E-state index contributed by atoms with van der Waals surface area (Å²) in [5, 5.41) is 4.99. The molecule has 160 valence electrons. The molecule has 5 rings (SSSR count). The van der Waals surface area contributed by atoms with E-state index in [1.54, 1.807) is 18.0 Å². The van der Waals surface area contributed by atoms with Crippen LogP contribution in [-0.2, 0) is 6.54 Å². The van der Waals surface area contributed by atoms with Gasteiger partial charge in [0, 0.05) is 30.0 Å². The van der Waals surface area contributed by atoms with Gasteiger partial charge in [-0.25, -0.2) is 0 Å². The molecule has 0 spiro atoms. The lowest BCUT2D eigenvalue weighted by Gasteiger charge is -2.26. The summed E-state index contributed by atoms with van der Waals surface area (Å²) in [6, 6.07) is 22.2. The van der Waals surface area contributed by atoms with Gasteiger partial charge < -0.3 is 14.6 Å². The van der Waals surface area contributed by atoms with Crippen molar-refractivity contribution in [3.63, 3.8) is 0 Å². The molecule has 1 aromatic carbocycles. The van der Waals surface area contributed by atoms with Crippen LogP contribution in [0.25, 0.3) is 0 Å². The minimum Gasteiger partial charge on any atom is -0.452 e. The molecule has 7 heteroatoms. The van der Waals surface area contributed by atoms with Crippen molar-refractivity contribution in [2.75, 3.05) is 0 Å². The number of aryl methyl sites for hydroxylation is 1. The average molecular weight is 459 g/mol. The molecule has 0 radical (unpaired) electrons. The van der Waals surface area contributed by atoms with E-state index in [0.29, 0.717) is 11.7 Å². The Kier molecular flexibility index (Phi) is 5.92.